The van der Waals surface area contributed by atoms with Gasteiger partial charge in [-0.1, -0.05) is 12.8 Å². The van der Waals surface area contributed by atoms with Gasteiger partial charge >= 0.3 is 0 Å². The van der Waals surface area contributed by atoms with Crippen molar-refractivity contribution in [1.82, 2.24) is 9.97 Å². The van der Waals surface area contributed by atoms with Crippen molar-refractivity contribution in [1.29, 1.82) is 0 Å². The van der Waals surface area contributed by atoms with Gasteiger partial charge in [0, 0.05) is 25.3 Å². The van der Waals surface area contributed by atoms with E-state index in [1.54, 1.807) is 0 Å². The molecule has 1 aliphatic carbocycles. The molecule has 2 heterocycles. The first-order valence-corrected chi connectivity index (χ1v) is 8.00. The number of nitrogens with one attached hydrogen (secondary N) is 1. The van der Waals surface area contributed by atoms with Gasteiger partial charge in [-0.3, -0.25) is 0 Å². The van der Waals surface area contributed by atoms with E-state index < -0.39 is 0 Å². The Hall–Kier alpha value is -1.40. The molecule has 3 rings (SSSR count). The molecule has 6 heteroatoms. The summed E-state index contributed by atoms with van der Waals surface area (Å²) in [6, 6.07) is 2.59. The molecule has 0 radical (unpaired) electrons. The van der Waals surface area contributed by atoms with Crippen LogP contribution < -0.4 is 16.2 Å². The first-order valence-electron chi connectivity index (χ1n) is 8.00. The van der Waals surface area contributed by atoms with Gasteiger partial charge in [0.25, 0.3) is 0 Å². The van der Waals surface area contributed by atoms with E-state index >= 15 is 0 Å². The monoisotopic (exact) mass is 291 g/mol. The molecule has 1 aliphatic heterocycles. The largest absolute Gasteiger partial charge is 0.374 e. The molecule has 1 saturated heterocycles. The SMILES string of the molecule is CCOCc1nc(NN)cc(N2CCC3CCCCC32)n1. The molecule has 116 valence electrons. The smallest absolute Gasteiger partial charge is 0.158 e. The number of hydrazine groups is 1. The van der Waals surface area contributed by atoms with Crippen LogP contribution >= 0.6 is 0 Å². The third-order valence-corrected chi connectivity index (χ3v) is 4.65. The standard InChI is InChI=1S/C15H25N5O/c1-2-21-10-14-17-13(19-16)9-15(18-14)20-8-7-11-5-3-4-6-12(11)20/h9,11-12H,2-8,10,16H2,1H3,(H,17,18,19). The summed E-state index contributed by atoms with van der Waals surface area (Å²) in [5.74, 6) is 8.72. The highest BCUT2D eigenvalue weighted by atomic mass is 16.5. The van der Waals surface area contributed by atoms with Gasteiger partial charge in [0.1, 0.15) is 18.2 Å². The minimum Gasteiger partial charge on any atom is -0.374 e. The fourth-order valence-corrected chi connectivity index (χ4v) is 3.65. The Labute approximate surface area is 126 Å². The topological polar surface area (TPSA) is 76.3 Å². The van der Waals surface area contributed by atoms with Crippen LogP contribution in [0.5, 0.6) is 0 Å². The van der Waals surface area contributed by atoms with Gasteiger partial charge in [-0.05, 0) is 32.1 Å². The first kappa shape index (κ1) is 14.5. The fourth-order valence-electron chi connectivity index (χ4n) is 3.65. The summed E-state index contributed by atoms with van der Waals surface area (Å²) in [7, 11) is 0. The van der Waals surface area contributed by atoms with Gasteiger partial charge < -0.3 is 15.1 Å². The molecule has 2 unspecified atom stereocenters. The number of nitrogens with two attached hydrogens (primary N) is 1. The summed E-state index contributed by atoms with van der Waals surface area (Å²) in [4.78, 5) is 11.5. The van der Waals surface area contributed by atoms with E-state index in [9.17, 15) is 0 Å². The molecule has 0 bridgehead atoms. The molecule has 2 fully saturated rings. The zero-order chi connectivity index (χ0) is 14.7. The van der Waals surface area contributed by atoms with Crippen molar-refractivity contribution in [3.63, 3.8) is 0 Å². The molecule has 2 atom stereocenters. The molecule has 0 aromatic carbocycles. The van der Waals surface area contributed by atoms with E-state index in [4.69, 9.17) is 10.6 Å². The number of hydrogen-bond donors (Lipinski definition) is 2. The van der Waals surface area contributed by atoms with Crippen LogP contribution in [0.4, 0.5) is 11.6 Å². The molecule has 2 aliphatic rings. The van der Waals surface area contributed by atoms with Gasteiger partial charge in [0.05, 0.1) is 0 Å². The first-order chi connectivity index (χ1) is 10.3. The Morgan fingerprint density at radius 2 is 2.19 bits per heavy atom. The number of rotatable bonds is 5. The minimum atomic E-state index is 0.432. The summed E-state index contributed by atoms with van der Waals surface area (Å²) >= 11 is 0. The van der Waals surface area contributed by atoms with E-state index in [0.717, 1.165) is 18.3 Å². The molecule has 1 saturated carbocycles. The molecule has 0 spiro atoms. The number of nitrogen functional groups attached to an aromatic ring is 1. The van der Waals surface area contributed by atoms with E-state index in [0.29, 0.717) is 30.9 Å². The number of hydrogen-bond acceptors (Lipinski definition) is 6. The lowest BCUT2D eigenvalue weighted by Gasteiger charge is -2.32. The molecule has 1 aromatic heterocycles. The van der Waals surface area contributed by atoms with Crippen LogP contribution in [0.3, 0.4) is 0 Å². The lowest BCUT2D eigenvalue weighted by Crippen LogP contribution is -2.35. The van der Waals surface area contributed by atoms with Crippen LogP contribution in [0.2, 0.25) is 0 Å². The molecule has 1 aromatic rings. The molecule has 3 N–H and O–H groups in total. The highest BCUT2D eigenvalue weighted by molar-refractivity contribution is 5.50. The highest BCUT2D eigenvalue weighted by Crippen LogP contribution is 2.38. The van der Waals surface area contributed by atoms with Crippen molar-refractivity contribution in [2.45, 2.75) is 51.7 Å². The third kappa shape index (κ3) is 3.11. The summed E-state index contributed by atoms with van der Waals surface area (Å²) in [5.41, 5.74) is 2.65. The van der Waals surface area contributed by atoms with Gasteiger partial charge in [-0.2, -0.15) is 0 Å². The van der Waals surface area contributed by atoms with Crippen LogP contribution in [0, 0.1) is 5.92 Å². The lowest BCUT2D eigenvalue weighted by atomic mass is 9.85. The number of anilines is 2. The second-order valence-electron chi connectivity index (χ2n) is 5.90. The Morgan fingerprint density at radius 3 is 3.00 bits per heavy atom. The Morgan fingerprint density at radius 1 is 1.33 bits per heavy atom. The molecular formula is C15H25N5O. The van der Waals surface area contributed by atoms with Crippen molar-refractivity contribution in [2.24, 2.45) is 11.8 Å². The van der Waals surface area contributed by atoms with Crippen molar-refractivity contribution in [3.05, 3.63) is 11.9 Å². The van der Waals surface area contributed by atoms with Crippen LogP contribution in [0.1, 0.15) is 44.9 Å². The zero-order valence-electron chi connectivity index (χ0n) is 12.7. The maximum absolute atomic E-state index is 5.55. The van der Waals surface area contributed by atoms with Crippen molar-refractivity contribution in [3.8, 4) is 0 Å². The minimum absolute atomic E-state index is 0.432. The lowest BCUT2D eigenvalue weighted by molar-refractivity contribution is 0.128. The van der Waals surface area contributed by atoms with Crippen LogP contribution in [0.25, 0.3) is 0 Å². The third-order valence-electron chi connectivity index (χ3n) is 4.65. The molecule has 0 amide bonds. The average molecular weight is 291 g/mol. The number of fused-ring (bicyclic) bond motifs is 1. The van der Waals surface area contributed by atoms with Gasteiger partial charge in [0.15, 0.2) is 5.82 Å². The predicted molar refractivity (Wildman–Crippen MR) is 82.9 cm³/mol. The summed E-state index contributed by atoms with van der Waals surface area (Å²) in [5, 5.41) is 0. The van der Waals surface area contributed by atoms with Crippen LogP contribution in [-0.4, -0.2) is 29.2 Å². The quantitative estimate of drug-likeness (QED) is 0.639. The Bertz CT molecular complexity index is 481. The van der Waals surface area contributed by atoms with Gasteiger partial charge in [-0.15, -0.1) is 0 Å². The van der Waals surface area contributed by atoms with Crippen LogP contribution in [-0.2, 0) is 11.3 Å². The normalized spacial score (nSPS) is 25.0. The number of ether oxygens (including phenoxy) is 1. The predicted octanol–water partition coefficient (Wildman–Crippen LogP) is 2.07. The van der Waals surface area contributed by atoms with E-state index in [-0.39, 0.29) is 0 Å². The van der Waals surface area contributed by atoms with Gasteiger partial charge in [-0.25, -0.2) is 15.8 Å². The van der Waals surface area contributed by atoms with E-state index in [1.807, 2.05) is 13.0 Å². The summed E-state index contributed by atoms with van der Waals surface area (Å²) < 4.78 is 5.43. The summed E-state index contributed by atoms with van der Waals surface area (Å²) in [6.07, 6.45) is 6.63. The highest BCUT2D eigenvalue weighted by Gasteiger charge is 2.36. The van der Waals surface area contributed by atoms with E-state index in [1.165, 1.54) is 32.1 Å². The van der Waals surface area contributed by atoms with Gasteiger partial charge in [0.2, 0.25) is 0 Å². The van der Waals surface area contributed by atoms with Crippen molar-refractivity contribution in [2.75, 3.05) is 23.5 Å². The Kier molecular flexibility index (Phi) is 4.55. The molecule has 21 heavy (non-hydrogen) atoms. The number of aromatic nitrogens is 2. The Balaban J connectivity index is 1.83. The van der Waals surface area contributed by atoms with Crippen LogP contribution in [0.15, 0.2) is 6.07 Å². The zero-order valence-corrected chi connectivity index (χ0v) is 12.7. The second-order valence-corrected chi connectivity index (χ2v) is 5.90. The molecular weight excluding hydrogens is 266 g/mol. The maximum Gasteiger partial charge on any atom is 0.158 e. The maximum atomic E-state index is 5.55. The average Bonchev–Trinajstić information content (AvgIpc) is 2.96. The fraction of sp³-hybridized carbons (Fsp3) is 0.733. The summed E-state index contributed by atoms with van der Waals surface area (Å²) in [6.45, 7) is 4.15. The second kappa shape index (κ2) is 6.58. The molecule has 6 nitrogen and oxygen atoms in total. The van der Waals surface area contributed by atoms with Crippen molar-refractivity contribution < 1.29 is 4.74 Å². The van der Waals surface area contributed by atoms with Crippen molar-refractivity contribution >= 4 is 11.6 Å². The van der Waals surface area contributed by atoms with E-state index in [2.05, 4.69) is 20.3 Å². The number of nitrogens with zero attached hydrogens (tertiary/aromatic N) is 3.